The lowest BCUT2D eigenvalue weighted by atomic mass is 10.1. The van der Waals surface area contributed by atoms with Crippen molar-refractivity contribution in [2.24, 2.45) is 0 Å². The van der Waals surface area contributed by atoms with Crippen molar-refractivity contribution in [3.05, 3.63) is 65.9 Å². The van der Waals surface area contributed by atoms with Crippen molar-refractivity contribution in [3.63, 3.8) is 0 Å². The van der Waals surface area contributed by atoms with Crippen LogP contribution in [0.4, 0.5) is 0 Å². The van der Waals surface area contributed by atoms with E-state index in [0.717, 1.165) is 23.4 Å². The zero-order chi connectivity index (χ0) is 17.8. The molecule has 0 fully saturated rings. The molecule has 130 valence electrons. The van der Waals surface area contributed by atoms with Gasteiger partial charge in [0.05, 0.1) is 11.3 Å². The van der Waals surface area contributed by atoms with Crippen molar-refractivity contribution in [2.45, 2.75) is 13.8 Å². The van der Waals surface area contributed by atoms with E-state index in [0.29, 0.717) is 12.5 Å². The van der Waals surface area contributed by atoms with Gasteiger partial charge in [-0.25, -0.2) is 4.68 Å². The second-order valence-corrected chi connectivity index (χ2v) is 6.65. The molecule has 4 nitrogen and oxygen atoms in total. The minimum absolute atomic E-state index is 0.608. The summed E-state index contributed by atoms with van der Waals surface area (Å²) in [5.74, 6) is 0.672. The van der Waals surface area contributed by atoms with Crippen LogP contribution in [-0.2, 0) is 0 Å². The Bertz CT molecular complexity index is 817. The highest BCUT2D eigenvalue weighted by Gasteiger charge is 2.13. The highest BCUT2D eigenvalue weighted by Crippen LogP contribution is 2.30. The second kappa shape index (κ2) is 7.53. The molecule has 0 saturated heterocycles. The number of aryl methyl sites for hydroxylation is 2. The Labute approximate surface area is 149 Å². The van der Waals surface area contributed by atoms with E-state index in [1.807, 2.05) is 25.0 Å². The quantitative estimate of drug-likeness (QED) is 0.679. The van der Waals surface area contributed by atoms with Crippen LogP contribution in [0, 0.1) is 13.8 Å². The van der Waals surface area contributed by atoms with E-state index in [-0.39, 0.29) is 0 Å². The smallest absolute Gasteiger partial charge is 0.241 e. The summed E-state index contributed by atoms with van der Waals surface area (Å²) in [7, 11) is 4.07. The van der Waals surface area contributed by atoms with E-state index in [1.165, 1.54) is 11.1 Å². The minimum atomic E-state index is 0.608. The van der Waals surface area contributed by atoms with E-state index in [9.17, 15) is 0 Å². The van der Waals surface area contributed by atoms with Gasteiger partial charge in [0.15, 0.2) is 0 Å². The van der Waals surface area contributed by atoms with Gasteiger partial charge in [-0.15, -0.1) is 5.10 Å². The first-order valence-corrected chi connectivity index (χ1v) is 8.54. The molecule has 0 N–H and O–H groups in total. The number of nitrogens with zero attached hydrogens (tertiary/aromatic N) is 3. The number of rotatable bonds is 6. The number of ether oxygens (including phenoxy) is 1. The van der Waals surface area contributed by atoms with Crippen LogP contribution in [0.5, 0.6) is 5.88 Å². The van der Waals surface area contributed by atoms with Crippen LogP contribution in [0.2, 0.25) is 0 Å². The van der Waals surface area contributed by atoms with Crippen molar-refractivity contribution < 1.29 is 4.74 Å². The van der Waals surface area contributed by atoms with Gasteiger partial charge >= 0.3 is 0 Å². The molecule has 0 spiro atoms. The van der Waals surface area contributed by atoms with Gasteiger partial charge in [0, 0.05) is 12.7 Å². The Balaban J connectivity index is 1.95. The highest BCUT2D eigenvalue weighted by atomic mass is 16.5. The number of hydrogen-bond acceptors (Lipinski definition) is 3. The Morgan fingerprint density at radius 3 is 2.12 bits per heavy atom. The SMILES string of the molecule is Cc1ccc(-c2cn(-c3ccc(C)cc3)nc2OCCN(C)C)cc1. The van der Waals surface area contributed by atoms with Gasteiger partial charge in [-0.05, 0) is 45.6 Å². The van der Waals surface area contributed by atoms with Crippen molar-refractivity contribution in [2.75, 3.05) is 27.2 Å². The number of hydrogen-bond donors (Lipinski definition) is 0. The van der Waals surface area contributed by atoms with Crippen LogP contribution in [0.25, 0.3) is 16.8 Å². The summed E-state index contributed by atoms with van der Waals surface area (Å²) in [6, 6.07) is 16.8. The molecule has 3 aromatic rings. The molecule has 0 unspecified atom stereocenters. The molecule has 3 rings (SSSR count). The molecule has 25 heavy (non-hydrogen) atoms. The average Bonchev–Trinajstić information content (AvgIpc) is 3.00. The Morgan fingerprint density at radius 1 is 0.920 bits per heavy atom. The molecular weight excluding hydrogens is 310 g/mol. The van der Waals surface area contributed by atoms with Crippen LogP contribution in [-0.4, -0.2) is 41.9 Å². The Kier molecular flexibility index (Phi) is 5.19. The average molecular weight is 335 g/mol. The predicted molar refractivity (Wildman–Crippen MR) is 103 cm³/mol. The first-order chi connectivity index (χ1) is 12.0. The van der Waals surface area contributed by atoms with Gasteiger partial charge in [0.25, 0.3) is 0 Å². The summed E-state index contributed by atoms with van der Waals surface area (Å²) in [5.41, 5.74) is 5.63. The Hall–Kier alpha value is -2.59. The molecule has 0 saturated carbocycles. The molecule has 2 aromatic carbocycles. The molecule has 0 aliphatic heterocycles. The van der Waals surface area contributed by atoms with Crippen molar-refractivity contribution in [1.29, 1.82) is 0 Å². The van der Waals surface area contributed by atoms with Crippen LogP contribution >= 0.6 is 0 Å². The molecule has 4 heteroatoms. The van der Waals surface area contributed by atoms with Gasteiger partial charge in [-0.1, -0.05) is 47.5 Å². The lowest BCUT2D eigenvalue weighted by Crippen LogP contribution is -2.19. The summed E-state index contributed by atoms with van der Waals surface area (Å²) in [4.78, 5) is 2.10. The zero-order valence-electron chi connectivity index (χ0n) is 15.4. The highest BCUT2D eigenvalue weighted by molar-refractivity contribution is 5.68. The van der Waals surface area contributed by atoms with Gasteiger partial charge in [0.2, 0.25) is 5.88 Å². The molecule has 0 atom stereocenters. The molecule has 0 bridgehead atoms. The number of aromatic nitrogens is 2. The molecule has 0 aliphatic carbocycles. The third-order valence-electron chi connectivity index (χ3n) is 4.12. The third-order valence-corrected chi connectivity index (χ3v) is 4.12. The Morgan fingerprint density at radius 2 is 1.52 bits per heavy atom. The van der Waals surface area contributed by atoms with Crippen molar-refractivity contribution >= 4 is 0 Å². The number of benzene rings is 2. The fraction of sp³-hybridized carbons (Fsp3) is 0.286. The van der Waals surface area contributed by atoms with Gasteiger partial charge in [0.1, 0.15) is 6.61 Å². The van der Waals surface area contributed by atoms with Crippen LogP contribution < -0.4 is 4.74 Å². The topological polar surface area (TPSA) is 30.3 Å². The van der Waals surface area contributed by atoms with Gasteiger partial charge < -0.3 is 9.64 Å². The zero-order valence-corrected chi connectivity index (χ0v) is 15.4. The molecule has 0 amide bonds. The van der Waals surface area contributed by atoms with Crippen LogP contribution in [0.3, 0.4) is 0 Å². The fourth-order valence-electron chi connectivity index (χ4n) is 2.55. The maximum absolute atomic E-state index is 5.98. The van der Waals surface area contributed by atoms with E-state index in [1.54, 1.807) is 0 Å². The lowest BCUT2D eigenvalue weighted by molar-refractivity contribution is 0.253. The second-order valence-electron chi connectivity index (χ2n) is 6.65. The lowest BCUT2D eigenvalue weighted by Gasteiger charge is -2.10. The normalized spacial score (nSPS) is 11.1. The molecule has 1 aromatic heterocycles. The summed E-state index contributed by atoms with van der Waals surface area (Å²) in [6.07, 6.45) is 2.04. The van der Waals surface area contributed by atoms with Crippen LogP contribution in [0.15, 0.2) is 54.7 Å². The van der Waals surface area contributed by atoms with Crippen molar-refractivity contribution in [3.8, 4) is 22.7 Å². The van der Waals surface area contributed by atoms with E-state index < -0.39 is 0 Å². The maximum atomic E-state index is 5.98. The molecule has 0 aliphatic rings. The standard InChI is InChI=1S/C21H25N3O/c1-16-5-9-18(10-6-16)20-15-24(19-11-7-17(2)8-12-19)22-21(20)25-14-13-23(3)4/h5-12,15H,13-14H2,1-4H3. The van der Waals surface area contributed by atoms with E-state index in [2.05, 4.69) is 72.4 Å². The minimum Gasteiger partial charge on any atom is -0.475 e. The molecule has 0 radical (unpaired) electrons. The van der Waals surface area contributed by atoms with E-state index >= 15 is 0 Å². The van der Waals surface area contributed by atoms with Gasteiger partial charge in [-0.3, -0.25) is 0 Å². The monoisotopic (exact) mass is 335 g/mol. The predicted octanol–water partition coefficient (Wildman–Crippen LogP) is 4.10. The summed E-state index contributed by atoms with van der Waals surface area (Å²) in [6.45, 7) is 5.63. The largest absolute Gasteiger partial charge is 0.475 e. The number of likely N-dealkylation sites (N-methyl/N-ethyl adjacent to an activating group) is 1. The third kappa shape index (κ3) is 4.28. The first kappa shape index (κ1) is 17.2. The molecule has 1 heterocycles. The summed E-state index contributed by atoms with van der Waals surface area (Å²) >= 11 is 0. The summed E-state index contributed by atoms with van der Waals surface area (Å²) < 4.78 is 7.87. The fourth-order valence-corrected chi connectivity index (χ4v) is 2.55. The van der Waals surface area contributed by atoms with E-state index in [4.69, 9.17) is 4.74 Å². The summed E-state index contributed by atoms with van der Waals surface area (Å²) in [5, 5.41) is 4.68. The maximum Gasteiger partial charge on any atom is 0.241 e. The molecular formula is C21H25N3O. The first-order valence-electron chi connectivity index (χ1n) is 8.54. The van der Waals surface area contributed by atoms with Crippen LogP contribution in [0.1, 0.15) is 11.1 Å². The van der Waals surface area contributed by atoms with Gasteiger partial charge in [-0.2, -0.15) is 0 Å². The van der Waals surface area contributed by atoms with Crippen molar-refractivity contribution in [1.82, 2.24) is 14.7 Å².